The minimum Gasteiger partial charge on any atom is -0.478 e. The van der Waals surface area contributed by atoms with E-state index in [1.54, 1.807) is 24.3 Å². The summed E-state index contributed by atoms with van der Waals surface area (Å²) >= 11 is 0. The molecular formula is C32H33N5O3. The van der Waals surface area contributed by atoms with Crippen molar-refractivity contribution in [2.75, 3.05) is 5.32 Å². The molecule has 0 spiro atoms. The highest BCUT2D eigenvalue weighted by Gasteiger charge is 2.45. The Kier molecular flexibility index (Phi) is 6.58. The van der Waals surface area contributed by atoms with Crippen LogP contribution in [-0.2, 0) is 5.41 Å². The molecule has 5 rings (SSSR count). The van der Waals surface area contributed by atoms with Crippen molar-refractivity contribution in [3.05, 3.63) is 106 Å². The van der Waals surface area contributed by atoms with Crippen molar-refractivity contribution in [2.24, 2.45) is 21.6 Å². The summed E-state index contributed by atoms with van der Waals surface area (Å²) in [5, 5.41) is 15.8. The average molecular weight is 536 g/mol. The number of aliphatic imine (C=N–C) groups is 2. The van der Waals surface area contributed by atoms with Crippen LogP contribution in [0.15, 0.2) is 82.8 Å². The van der Waals surface area contributed by atoms with Crippen LogP contribution >= 0.6 is 0 Å². The lowest BCUT2D eigenvalue weighted by Crippen LogP contribution is -2.48. The highest BCUT2D eigenvalue weighted by Crippen LogP contribution is 2.39. The molecule has 0 aliphatic carbocycles. The molecule has 8 heteroatoms. The maximum absolute atomic E-state index is 13.1. The van der Waals surface area contributed by atoms with Gasteiger partial charge >= 0.3 is 5.97 Å². The number of amides is 1. The molecule has 8 nitrogen and oxygen atoms in total. The largest absolute Gasteiger partial charge is 0.478 e. The van der Waals surface area contributed by atoms with E-state index < -0.39 is 11.6 Å². The summed E-state index contributed by atoms with van der Waals surface area (Å²) < 4.78 is 0. The molecule has 0 saturated carbocycles. The van der Waals surface area contributed by atoms with Gasteiger partial charge in [-0.3, -0.25) is 4.79 Å². The number of hydrogen-bond donors (Lipinski definition) is 4. The van der Waals surface area contributed by atoms with E-state index in [1.165, 1.54) is 0 Å². The molecule has 204 valence electrons. The van der Waals surface area contributed by atoms with Gasteiger partial charge in [0.1, 0.15) is 5.66 Å². The molecule has 2 aliphatic heterocycles. The van der Waals surface area contributed by atoms with Crippen molar-refractivity contribution in [3.8, 4) is 0 Å². The minimum atomic E-state index is -0.975. The van der Waals surface area contributed by atoms with E-state index in [1.807, 2.05) is 62.4 Å². The van der Waals surface area contributed by atoms with Gasteiger partial charge in [0.05, 0.1) is 17.2 Å². The van der Waals surface area contributed by atoms with Gasteiger partial charge < -0.3 is 21.5 Å². The van der Waals surface area contributed by atoms with Gasteiger partial charge in [0, 0.05) is 22.5 Å². The van der Waals surface area contributed by atoms with Crippen molar-refractivity contribution in [3.63, 3.8) is 0 Å². The summed E-state index contributed by atoms with van der Waals surface area (Å²) in [6.45, 7) is 10.3. The Labute approximate surface area is 233 Å². The quantitative estimate of drug-likeness (QED) is 0.351. The van der Waals surface area contributed by atoms with Gasteiger partial charge in [0.2, 0.25) is 5.96 Å². The van der Waals surface area contributed by atoms with E-state index in [2.05, 4.69) is 41.4 Å². The molecule has 3 aromatic rings. The lowest BCUT2D eigenvalue weighted by molar-refractivity contribution is 0.0696. The number of carbonyl (C=O) groups excluding carboxylic acids is 1. The number of anilines is 1. The summed E-state index contributed by atoms with van der Waals surface area (Å²) in [6, 6.07) is 20.1. The Hall–Kier alpha value is -4.72. The fraction of sp³-hybridized carbons (Fsp3) is 0.250. The Bertz CT molecular complexity index is 1590. The summed E-state index contributed by atoms with van der Waals surface area (Å²) in [5.74, 6) is -1.25. The van der Waals surface area contributed by atoms with Gasteiger partial charge in [-0.25, -0.2) is 14.8 Å². The van der Waals surface area contributed by atoms with Crippen LogP contribution in [0.2, 0.25) is 0 Å². The van der Waals surface area contributed by atoms with Crippen molar-refractivity contribution in [1.82, 2.24) is 5.32 Å². The second-order valence-corrected chi connectivity index (χ2v) is 11.4. The Morgan fingerprint density at radius 1 is 1.00 bits per heavy atom. The van der Waals surface area contributed by atoms with Crippen LogP contribution in [0.4, 0.5) is 5.69 Å². The molecule has 0 saturated heterocycles. The molecule has 5 N–H and O–H groups in total. The highest BCUT2D eigenvalue weighted by molar-refractivity contribution is 6.14. The van der Waals surface area contributed by atoms with E-state index in [0.29, 0.717) is 11.3 Å². The number of carbonyl (C=O) groups is 2. The number of nitrogens with one attached hydrogen (secondary N) is 2. The van der Waals surface area contributed by atoms with Gasteiger partial charge in [0.15, 0.2) is 0 Å². The zero-order valence-electron chi connectivity index (χ0n) is 23.2. The smallest absolute Gasteiger partial charge is 0.335 e. The third-order valence-electron chi connectivity index (χ3n) is 7.52. The van der Waals surface area contributed by atoms with E-state index in [9.17, 15) is 14.7 Å². The van der Waals surface area contributed by atoms with Gasteiger partial charge in [-0.05, 0) is 72.4 Å². The predicted octanol–water partition coefficient (Wildman–Crippen LogP) is 5.34. The molecule has 0 aromatic heterocycles. The molecular weight excluding hydrogens is 502 g/mol. The lowest BCUT2D eigenvalue weighted by atomic mass is 9.85. The number of rotatable bonds is 5. The van der Waals surface area contributed by atoms with Gasteiger partial charge in [-0.1, -0.05) is 57.2 Å². The van der Waals surface area contributed by atoms with Crippen molar-refractivity contribution in [1.29, 1.82) is 0 Å². The summed E-state index contributed by atoms with van der Waals surface area (Å²) in [6.07, 6.45) is 2.05. The Morgan fingerprint density at radius 3 is 2.27 bits per heavy atom. The maximum atomic E-state index is 13.1. The zero-order chi connectivity index (χ0) is 28.8. The first kappa shape index (κ1) is 26.9. The number of carboxylic acid groups (broad SMARTS) is 1. The first-order valence-corrected chi connectivity index (χ1v) is 13.2. The highest BCUT2D eigenvalue weighted by atomic mass is 16.4. The number of guanidine groups is 1. The van der Waals surface area contributed by atoms with Crippen molar-refractivity contribution < 1.29 is 14.7 Å². The molecule has 0 radical (unpaired) electrons. The third-order valence-corrected chi connectivity index (χ3v) is 7.52. The summed E-state index contributed by atoms with van der Waals surface area (Å²) in [5.41, 5.74) is 12.2. The standard InChI is InChI=1S/C32H33N5O3/c1-18-23(7-6-8-25(18)34-28(38)20-13-15-22(16-14-20)31(2,3)4)27-24-17-26(36-32(24,5)37-30(33)35-27)19-9-11-21(12-10-19)29(39)40/h6-17,24,36H,1-5H3,(H2,33,37)(H,34,38)(H,39,40). The number of fused-ring (bicyclic) bond motifs is 1. The van der Waals surface area contributed by atoms with Crippen LogP contribution in [0.1, 0.15) is 70.7 Å². The van der Waals surface area contributed by atoms with E-state index >= 15 is 0 Å². The molecule has 2 heterocycles. The molecule has 40 heavy (non-hydrogen) atoms. The second kappa shape index (κ2) is 9.79. The SMILES string of the molecule is Cc1c(NC(=O)c2ccc(C(C)(C)C)cc2)cccc1C1=NC(N)=NC2(C)NC(c3ccc(C(=O)O)cc3)=CC12. The summed E-state index contributed by atoms with van der Waals surface area (Å²) in [7, 11) is 0. The molecule has 3 aromatic carbocycles. The fourth-order valence-electron chi connectivity index (χ4n) is 5.17. The number of nitrogens with zero attached hydrogens (tertiary/aromatic N) is 2. The number of aromatic carboxylic acids is 1. The van der Waals surface area contributed by atoms with Crippen LogP contribution in [-0.4, -0.2) is 34.3 Å². The van der Waals surface area contributed by atoms with Gasteiger partial charge in [-0.2, -0.15) is 0 Å². The normalized spacial score (nSPS) is 20.0. The zero-order valence-corrected chi connectivity index (χ0v) is 23.2. The van der Waals surface area contributed by atoms with E-state index in [-0.39, 0.29) is 28.8 Å². The Morgan fingerprint density at radius 2 is 1.65 bits per heavy atom. The van der Waals surface area contributed by atoms with Crippen LogP contribution < -0.4 is 16.4 Å². The summed E-state index contributed by atoms with van der Waals surface area (Å²) in [4.78, 5) is 33.7. The fourth-order valence-corrected chi connectivity index (χ4v) is 5.17. The predicted molar refractivity (Wildman–Crippen MR) is 159 cm³/mol. The minimum absolute atomic E-state index is 0.00558. The first-order valence-electron chi connectivity index (χ1n) is 13.2. The van der Waals surface area contributed by atoms with Crippen LogP contribution in [0.25, 0.3) is 5.70 Å². The molecule has 2 unspecified atom stereocenters. The monoisotopic (exact) mass is 535 g/mol. The van der Waals surface area contributed by atoms with Crippen LogP contribution in [0.5, 0.6) is 0 Å². The van der Waals surface area contributed by atoms with Crippen LogP contribution in [0.3, 0.4) is 0 Å². The van der Waals surface area contributed by atoms with Gasteiger partial charge in [-0.15, -0.1) is 0 Å². The number of hydrogen-bond acceptors (Lipinski definition) is 6. The van der Waals surface area contributed by atoms with Crippen LogP contribution in [0, 0.1) is 12.8 Å². The molecule has 1 amide bonds. The van der Waals surface area contributed by atoms with Gasteiger partial charge in [0.25, 0.3) is 5.91 Å². The lowest BCUT2D eigenvalue weighted by Gasteiger charge is -2.33. The number of nitrogens with two attached hydrogens (primary N) is 1. The molecule has 0 fully saturated rings. The maximum Gasteiger partial charge on any atom is 0.335 e. The first-order chi connectivity index (χ1) is 18.9. The van der Waals surface area contributed by atoms with Crippen molar-refractivity contribution >= 4 is 34.9 Å². The molecule has 2 aliphatic rings. The topological polar surface area (TPSA) is 129 Å². The number of carboxylic acids is 1. The average Bonchev–Trinajstić information content (AvgIpc) is 3.26. The van der Waals surface area contributed by atoms with E-state index in [0.717, 1.165) is 33.7 Å². The Balaban J connectivity index is 1.45. The van der Waals surface area contributed by atoms with E-state index in [4.69, 9.17) is 5.73 Å². The van der Waals surface area contributed by atoms with Crippen molar-refractivity contribution in [2.45, 2.75) is 45.7 Å². The molecule has 2 atom stereocenters. The second-order valence-electron chi connectivity index (χ2n) is 11.4. The molecule has 0 bridgehead atoms. The number of benzene rings is 3. The third kappa shape index (κ3) is 5.00.